The molecule has 0 N–H and O–H groups in total. The van der Waals surface area contributed by atoms with E-state index in [-0.39, 0.29) is 0 Å². The standard InChI is InChI=1S/C11H18O/c1-3-7-8(4-2)10-6-5-9(7)11(10)12/h7-10H,3-6H2,1-2H3/t7-,8+,9-,10+. The van der Waals surface area contributed by atoms with Gasteiger partial charge in [-0.25, -0.2) is 0 Å². The summed E-state index contributed by atoms with van der Waals surface area (Å²) in [6.07, 6.45) is 4.81. The Labute approximate surface area is 74.5 Å². The number of rotatable bonds is 2. The van der Waals surface area contributed by atoms with E-state index >= 15 is 0 Å². The van der Waals surface area contributed by atoms with E-state index in [1.54, 1.807) is 0 Å². The predicted molar refractivity (Wildman–Crippen MR) is 48.8 cm³/mol. The molecular formula is C11H18O. The summed E-state index contributed by atoms with van der Waals surface area (Å²) >= 11 is 0. The van der Waals surface area contributed by atoms with Crippen molar-refractivity contribution in [1.82, 2.24) is 0 Å². The Hall–Kier alpha value is -0.330. The largest absolute Gasteiger partial charge is 0.299 e. The average molecular weight is 166 g/mol. The second kappa shape index (κ2) is 2.86. The molecule has 2 aliphatic carbocycles. The third-order valence-electron chi connectivity index (χ3n) is 4.05. The van der Waals surface area contributed by atoms with Crippen LogP contribution in [0, 0.1) is 23.7 Å². The fourth-order valence-electron chi connectivity index (χ4n) is 3.54. The van der Waals surface area contributed by atoms with E-state index in [9.17, 15) is 4.79 Å². The molecule has 0 spiro atoms. The molecule has 0 saturated heterocycles. The van der Waals surface area contributed by atoms with Gasteiger partial charge in [-0.15, -0.1) is 0 Å². The molecule has 2 saturated carbocycles. The zero-order valence-corrected chi connectivity index (χ0v) is 8.05. The zero-order chi connectivity index (χ0) is 8.72. The molecule has 2 aliphatic rings. The van der Waals surface area contributed by atoms with E-state index < -0.39 is 0 Å². The Morgan fingerprint density at radius 2 is 1.50 bits per heavy atom. The van der Waals surface area contributed by atoms with Crippen LogP contribution in [0.25, 0.3) is 0 Å². The Bertz CT molecular complexity index is 177. The first-order valence-electron chi connectivity index (χ1n) is 5.33. The van der Waals surface area contributed by atoms with E-state index in [1.807, 2.05) is 0 Å². The predicted octanol–water partition coefficient (Wildman–Crippen LogP) is 2.65. The highest BCUT2D eigenvalue weighted by atomic mass is 16.1. The Balaban J connectivity index is 2.21. The highest BCUT2D eigenvalue weighted by molar-refractivity contribution is 5.88. The molecule has 0 unspecified atom stereocenters. The van der Waals surface area contributed by atoms with Crippen LogP contribution in [0.5, 0.6) is 0 Å². The van der Waals surface area contributed by atoms with Crippen molar-refractivity contribution < 1.29 is 4.79 Å². The van der Waals surface area contributed by atoms with Crippen LogP contribution < -0.4 is 0 Å². The topological polar surface area (TPSA) is 17.1 Å². The summed E-state index contributed by atoms with van der Waals surface area (Å²) < 4.78 is 0. The lowest BCUT2D eigenvalue weighted by molar-refractivity contribution is -0.122. The zero-order valence-electron chi connectivity index (χ0n) is 8.05. The maximum atomic E-state index is 11.7. The summed E-state index contributed by atoms with van der Waals surface area (Å²) in [6, 6.07) is 0. The van der Waals surface area contributed by atoms with Crippen LogP contribution in [-0.2, 0) is 4.79 Å². The molecule has 0 aromatic carbocycles. The number of fused-ring (bicyclic) bond motifs is 2. The fraction of sp³-hybridized carbons (Fsp3) is 0.909. The molecule has 2 bridgehead atoms. The van der Waals surface area contributed by atoms with Gasteiger partial charge in [-0.05, 0) is 24.7 Å². The van der Waals surface area contributed by atoms with Crippen molar-refractivity contribution >= 4 is 5.78 Å². The van der Waals surface area contributed by atoms with Crippen LogP contribution in [0.2, 0.25) is 0 Å². The molecule has 2 rings (SSSR count). The van der Waals surface area contributed by atoms with E-state index in [2.05, 4.69) is 13.8 Å². The average Bonchev–Trinajstić information content (AvgIpc) is 2.58. The smallest absolute Gasteiger partial charge is 0.139 e. The van der Waals surface area contributed by atoms with Gasteiger partial charge in [-0.3, -0.25) is 4.79 Å². The molecule has 2 fully saturated rings. The highest BCUT2D eigenvalue weighted by Crippen LogP contribution is 2.52. The first-order valence-corrected chi connectivity index (χ1v) is 5.33. The number of hydrogen-bond acceptors (Lipinski definition) is 1. The summed E-state index contributed by atoms with van der Waals surface area (Å²) in [5, 5.41) is 0. The summed E-state index contributed by atoms with van der Waals surface area (Å²) in [7, 11) is 0. The van der Waals surface area contributed by atoms with Gasteiger partial charge >= 0.3 is 0 Å². The lowest BCUT2D eigenvalue weighted by Gasteiger charge is -2.27. The third kappa shape index (κ3) is 0.884. The van der Waals surface area contributed by atoms with Crippen molar-refractivity contribution in [3.05, 3.63) is 0 Å². The van der Waals surface area contributed by atoms with Gasteiger partial charge < -0.3 is 0 Å². The summed E-state index contributed by atoms with van der Waals surface area (Å²) in [6.45, 7) is 4.47. The summed E-state index contributed by atoms with van der Waals surface area (Å²) in [5.41, 5.74) is 0. The lowest BCUT2D eigenvalue weighted by atomic mass is 9.77. The minimum absolute atomic E-state index is 0.463. The van der Waals surface area contributed by atoms with Gasteiger partial charge in [0.25, 0.3) is 0 Å². The molecule has 0 aliphatic heterocycles. The van der Waals surface area contributed by atoms with Crippen LogP contribution >= 0.6 is 0 Å². The molecule has 0 aromatic rings. The van der Waals surface area contributed by atoms with E-state index in [0.717, 1.165) is 11.8 Å². The highest BCUT2D eigenvalue weighted by Gasteiger charge is 2.51. The van der Waals surface area contributed by atoms with Crippen molar-refractivity contribution in [3.8, 4) is 0 Å². The first-order chi connectivity index (χ1) is 5.79. The fourth-order valence-corrected chi connectivity index (χ4v) is 3.54. The van der Waals surface area contributed by atoms with Gasteiger partial charge in [-0.1, -0.05) is 26.7 Å². The van der Waals surface area contributed by atoms with Crippen molar-refractivity contribution in [3.63, 3.8) is 0 Å². The van der Waals surface area contributed by atoms with Gasteiger partial charge in [0.2, 0.25) is 0 Å². The van der Waals surface area contributed by atoms with Crippen molar-refractivity contribution in [2.75, 3.05) is 0 Å². The Morgan fingerprint density at radius 1 is 1.08 bits per heavy atom. The van der Waals surface area contributed by atoms with Gasteiger partial charge in [0.15, 0.2) is 0 Å². The number of ketones is 1. The quantitative estimate of drug-likeness (QED) is 0.616. The molecule has 0 aromatic heterocycles. The van der Waals surface area contributed by atoms with E-state index in [0.29, 0.717) is 17.6 Å². The molecular weight excluding hydrogens is 148 g/mol. The van der Waals surface area contributed by atoms with Crippen molar-refractivity contribution in [2.24, 2.45) is 23.7 Å². The number of hydrogen-bond donors (Lipinski definition) is 0. The van der Waals surface area contributed by atoms with Crippen LogP contribution in [0.15, 0.2) is 0 Å². The van der Waals surface area contributed by atoms with Crippen LogP contribution in [0.1, 0.15) is 39.5 Å². The minimum Gasteiger partial charge on any atom is -0.299 e. The summed E-state index contributed by atoms with van der Waals surface area (Å²) in [4.78, 5) is 11.7. The van der Waals surface area contributed by atoms with Gasteiger partial charge in [-0.2, -0.15) is 0 Å². The molecule has 0 heterocycles. The molecule has 0 amide bonds. The van der Waals surface area contributed by atoms with Crippen LogP contribution in [0.3, 0.4) is 0 Å². The monoisotopic (exact) mass is 166 g/mol. The van der Waals surface area contributed by atoms with Crippen molar-refractivity contribution in [2.45, 2.75) is 39.5 Å². The second-order valence-corrected chi connectivity index (χ2v) is 4.34. The van der Waals surface area contributed by atoms with Gasteiger partial charge in [0, 0.05) is 11.8 Å². The Kier molecular flexibility index (Phi) is 1.97. The van der Waals surface area contributed by atoms with Crippen molar-refractivity contribution in [1.29, 1.82) is 0 Å². The van der Waals surface area contributed by atoms with E-state index in [4.69, 9.17) is 0 Å². The molecule has 68 valence electrons. The maximum Gasteiger partial charge on any atom is 0.139 e. The number of carbonyl (C=O) groups excluding carboxylic acids is 1. The van der Waals surface area contributed by atoms with Crippen LogP contribution in [-0.4, -0.2) is 5.78 Å². The summed E-state index contributed by atoms with van der Waals surface area (Å²) in [5.74, 6) is 3.01. The molecule has 0 radical (unpaired) electrons. The third-order valence-corrected chi connectivity index (χ3v) is 4.05. The van der Waals surface area contributed by atoms with Gasteiger partial charge in [0.1, 0.15) is 5.78 Å². The van der Waals surface area contributed by atoms with E-state index in [1.165, 1.54) is 25.7 Å². The first kappa shape index (κ1) is 8.28. The molecule has 1 nitrogen and oxygen atoms in total. The molecule has 4 atom stereocenters. The maximum absolute atomic E-state index is 11.7. The minimum atomic E-state index is 0.463. The van der Waals surface area contributed by atoms with Gasteiger partial charge in [0.05, 0.1) is 0 Å². The number of Topliss-reactive ketones (excluding diaryl/α,β-unsaturated/α-hetero) is 1. The second-order valence-electron chi connectivity index (χ2n) is 4.34. The lowest BCUT2D eigenvalue weighted by Crippen LogP contribution is -2.20. The molecule has 1 heteroatoms. The number of carbonyl (C=O) groups is 1. The normalized spacial score (nSPS) is 45.7. The Morgan fingerprint density at radius 3 is 1.83 bits per heavy atom. The van der Waals surface area contributed by atoms with Crippen LogP contribution in [0.4, 0.5) is 0 Å². The molecule has 12 heavy (non-hydrogen) atoms. The SMILES string of the molecule is CC[C@@H]1[C@H](CC)[C@@H]2CC[C@H]1C2=O.